The van der Waals surface area contributed by atoms with Crippen LogP contribution in [0.15, 0.2) is 42.5 Å². The number of amides is 1. The fourth-order valence-electron chi connectivity index (χ4n) is 3.42. The monoisotopic (exact) mass is 368 g/mol. The molecule has 1 fully saturated rings. The quantitative estimate of drug-likeness (QED) is 0.804. The first kappa shape index (κ1) is 18.4. The van der Waals surface area contributed by atoms with Crippen LogP contribution in [0.4, 0.5) is 0 Å². The molecular weight excluding hydrogens is 348 g/mol. The lowest BCUT2D eigenvalue weighted by Crippen LogP contribution is -2.41. The molecule has 1 saturated heterocycles. The molecule has 1 heterocycles. The number of piperidine rings is 1. The van der Waals surface area contributed by atoms with Crippen molar-refractivity contribution in [2.24, 2.45) is 5.92 Å². The Labute approximate surface area is 158 Å². The van der Waals surface area contributed by atoms with Gasteiger partial charge in [0.2, 0.25) is 0 Å². The van der Waals surface area contributed by atoms with Crippen LogP contribution >= 0.6 is 11.6 Å². The molecule has 0 spiro atoms. The van der Waals surface area contributed by atoms with Crippen LogP contribution in [0.1, 0.15) is 28.8 Å². The molecule has 134 valence electrons. The molecule has 5 heteroatoms. The van der Waals surface area contributed by atoms with Crippen molar-refractivity contribution in [3.05, 3.63) is 58.6 Å². The number of hydrogen-bond donors (Lipinski definition) is 0. The number of nitrogens with zero attached hydrogens (tertiary/aromatic N) is 2. The maximum atomic E-state index is 12.9. The highest BCUT2D eigenvalue weighted by atomic mass is 35.5. The van der Waals surface area contributed by atoms with Crippen molar-refractivity contribution in [1.29, 1.82) is 5.26 Å². The van der Waals surface area contributed by atoms with Gasteiger partial charge < -0.3 is 9.64 Å². The molecule has 26 heavy (non-hydrogen) atoms. The van der Waals surface area contributed by atoms with Crippen molar-refractivity contribution in [3.63, 3.8) is 0 Å². The van der Waals surface area contributed by atoms with E-state index in [4.69, 9.17) is 21.6 Å². The van der Waals surface area contributed by atoms with Gasteiger partial charge in [-0.15, -0.1) is 0 Å². The van der Waals surface area contributed by atoms with Crippen LogP contribution in [0.25, 0.3) is 11.1 Å². The van der Waals surface area contributed by atoms with Gasteiger partial charge in [0.05, 0.1) is 17.2 Å². The minimum atomic E-state index is 0.0485. The van der Waals surface area contributed by atoms with Crippen LogP contribution in [-0.2, 0) is 4.74 Å². The number of nitriles is 1. The topological polar surface area (TPSA) is 53.3 Å². The van der Waals surface area contributed by atoms with Crippen molar-refractivity contribution in [2.75, 3.05) is 26.8 Å². The first-order valence-electron chi connectivity index (χ1n) is 8.70. The molecule has 4 nitrogen and oxygen atoms in total. The smallest absolute Gasteiger partial charge is 0.253 e. The van der Waals surface area contributed by atoms with E-state index in [0.717, 1.165) is 37.1 Å². The van der Waals surface area contributed by atoms with E-state index in [1.165, 1.54) is 0 Å². The van der Waals surface area contributed by atoms with Crippen LogP contribution in [0.3, 0.4) is 0 Å². The van der Waals surface area contributed by atoms with Crippen molar-refractivity contribution >= 4 is 17.5 Å². The molecule has 0 aromatic heterocycles. The standard InChI is InChI=1S/C21H21ClN2O2/c1-26-14-15-4-3-9-24(13-15)21(25)18-6-2-5-16(10-18)17-7-8-19(12-23)20(22)11-17/h2,5-8,10-11,15H,3-4,9,13-14H2,1H3/t15-/m1/s1. The Kier molecular flexibility index (Phi) is 5.92. The average Bonchev–Trinajstić information content (AvgIpc) is 2.68. The second kappa shape index (κ2) is 8.35. The second-order valence-corrected chi connectivity index (χ2v) is 7.01. The van der Waals surface area contributed by atoms with Gasteiger partial charge >= 0.3 is 0 Å². The summed E-state index contributed by atoms with van der Waals surface area (Å²) in [6.45, 7) is 2.21. The molecule has 0 radical (unpaired) electrons. The first-order valence-corrected chi connectivity index (χ1v) is 9.08. The summed E-state index contributed by atoms with van der Waals surface area (Å²) in [5, 5.41) is 9.42. The Bertz CT molecular complexity index is 842. The maximum absolute atomic E-state index is 12.9. The molecule has 0 saturated carbocycles. The average molecular weight is 369 g/mol. The number of halogens is 1. The predicted molar refractivity (Wildman–Crippen MR) is 102 cm³/mol. The summed E-state index contributed by atoms with van der Waals surface area (Å²) in [6.07, 6.45) is 2.10. The van der Waals surface area contributed by atoms with E-state index in [-0.39, 0.29) is 5.91 Å². The van der Waals surface area contributed by atoms with E-state index >= 15 is 0 Å². The predicted octanol–water partition coefficient (Wildman–Crippen LogP) is 4.38. The van der Waals surface area contributed by atoms with E-state index < -0.39 is 0 Å². The van der Waals surface area contributed by atoms with E-state index in [1.54, 1.807) is 19.2 Å². The molecular formula is C21H21ClN2O2. The summed E-state index contributed by atoms with van der Waals surface area (Å²) in [5.41, 5.74) is 2.91. The minimum Gasteiger partial charge on any atom is -0.384 e. The van der Waals surface area contributed by atoms with Gasteiger partial charge in [-0.25, -0.2) is 0 Å². The fourth-order valence-corrected chi connectivity index (χ4v) is 3.64. The first-order chi connectivity index (χ1) is 12.6. The highest BCUT2D eigenvalue weighted by Gasteiger charge is 2.24. The second-order valence-electron chi connectivity index (χ2n) is 6.60. The maximum Gasteiger partial charge on any atom is 0.253 e. The van der Waals surface area contributed by atoms with Gasteiger partial charge in [-0.1, -0.05) is 29.8 Å². The molecule has 1 aliphatic heterocycles. The summed E-state index contributed by atoms with van der Waals surface area (Å²) in [5.74, 6) is 0.450. The molecule has 0 bridgehead atoms. The number of rotatable bonds is 4. The van der Waals surface area contributed by atoms with Gasteiger partial charge in [-0.05, 0) is 54.2 Å². The lowest BCUT2D eigenvalue weighted by Gasteiger charge is -2.32. The largest absolute Gasteiger partial charge is 0.384 e. The van der Waals surface area contributed by atoms with Gasteiger partial charge in [0.25, 0.3) is 5.91 Å². The third-order valence-corrected chi connectivity index (χ3v) is 5.05. The summed E-state index contributed by atoms with van der Waals surface area (Å²) in [6, 6.07) is 14.9. The lowest BCUT2D eigenvalue weighted by atomic mass is 9.97. The molecule has 0 aliphatic carbocycles. The Morgan fingerprint density at radius 1 is 1.31 bits per heavy atom. The third kappa shape index (κ3) is 4.07. The molecule has 1 atom stereocenters. The van der Waals surface area contributed by atoms with Crippen molar-refractivity contribution in [2.45, 2.75) is 12.8 Å². The minimum absolute atomic E-state index is 0.0485. The van der Waals surface area contributed by atoms with E-state index in [2.05, 4.69) is 6.07 Å². The highest BCUT2D eigenvalue weighted by Crippen LogP contribution is 2.27. The Morgan fingerprint density at radius 3 is 2.85 bits per heavy atom. The van der Waals surface area contributed by atoms with Crippen LogP contribution in [0.5, 0.6) is 0 Å². The van der Waals surface area contributed by atoms with Gasteiger partial charge in [0, 0.05) is 25.8 Å². The van der Waals surface area contributed by atoms with Crippen LogP contribution in [0, 0.1) is 17.2 Å². The Morgan fingerprint density at radius 2 is 2.12 bits per heavy atom. The number of carbonyl (C=O) groups is 1. The molecule has 1 aliphatic rings. The summed E-state index contributed by atoms with van der Waals surface area (Å²) in [4.78, 5) is 14.8. The van der Waals surface area contributed by atoms with Crippen LogP contribution in [-0.4, -0.2) is 37.6 Å². The van der Waals surface area contributed by atoms with Crippen molar-refractivity contribution in [1.82, 2.24) is 4.90 Å². The van der Waals surface area contributed by atoms with E-state index in [0.29, 0.717) is 28.7 Å². The summed E-state index contributed by atoms with van der Waals surface area (Å²) in [7, 11) is 1.70. The van der Waals surface area contributed by atoms with Gasteiger partial charge in [0.15, 0.2) is 0 Å². The number of methoxy groups -OCH3 is 1. The zero-order chi connectivity index (χ0) is 18.5. The lowest BCUT2D eigenvalue weighted by molar-refractivity contribution is 0.0571. The molecule has 2 aromatic carbocycles. The van der Waals surface area contributed by atoms with E-state index in [1.807, 2.05) is 35.2 Å². The van der Waals surface area contributed by atoms with Gasteiger partial charge in [-0.3, -0.25) is 4.79 Å². The number of ether oxygens (including phenoxy) is 1. The number of benzene rings is 2. The fraction of sp³-hybridized carbons (Fsp3) is 0.333. The van der Waals surface area contributed by atoms with Crippen molar-refractivity contribution < 1.29 is 9.53 Å². The summed E-state index contributed by atoms with van der Waals surface area (Å²) < 4.78 is 5.25. The Balaban J connectivity index is 1.82. The third-order valence-electron chi connectivity index (χ3n) is 4.74. The number of carbonyl (C=O) groups excluding carboxylic acids is 1. The van der Waals surface area contributed by atoms with Gasteiger partial charge in [0.1, 0.15) is 6.07 Å². The summed E-state index contributed by atoms with van der Waals surface area (Å²) >= 11 is 6.14. The zero-order valence-electron chi connectivity index (χ0n) is 14.7. The molecule has 0 unspecified atom stereocenters. The highest BCUT2D eigenvalue weighted by molar-refractivity contribution is 6.32. The zero-order valence-corrected chi connectivity index (χ0v) is 15.5. The van der Waals surface area contributed by atoms with Crippen LogP contribution < -0.4 is 0 Å². The van der Waals surface area contributed by atoms with Gasteiger partial charge in [-0.2, -0.15) is 5.26 Å². The molecule has 3 rings (SSSR count). The number of likely N-dealkylation sites (tertiary alicyclic amines) is 1. The van der Waals surface area contributed by atoms with Crippen LogP contribution in [0.2, 0.25) is 5.02 Å². The normalized spacial score (nSPS) is 17.0. The molecule has 1 amide bonds. The SMILES string of the molecule is COC[C@@H]1CCCN(C(=O)c2cccc(-c3ccc(C#N)c(Cl)c3)c2)C1. The molecule has 2 aromatic rings. The number of hydrogen-bond acceptors (Lipinski definition) is 3. The molecule has 0 N–H and O–H groups in total. The Hall–Kier alpha value is -2.35. The van der Waals surface area contributed by atoms with E-state index in [9.17, 15) is 4.79 Å². The van der Waals surface area contributed by atoms with Crippen molar-refractivity contribution in [3.8, 4) is 17.2 Å².